The van der Waals surface area contributed by atoms with Gasteiger partial charge in [-0.15, -0.1) is 11.3 Å². The zero-order valence-electron chi connectivity index (χ0n) is 11.1. The molecule has 2 aliphatic heterocycles. The van der Waals surface area contributed by atoms with E-state index < -0.39 is 0 Å². The quantitative estimate of drug-likeness (QED) is 0.882. The molecule has 18 heavy (non-hydrogen) atoms. The minimum Gasteiger partial charge on any atom is -0.378 e. The van der Waals surface area contributed by atoms with E-state index in [4.69, 9.17) is 9.72 Å². The molecule has 2 fully saturated rings. The number of nitrogens with zero attached hydrogens (tertiary/aromatic N) is 2. The largest absolute Gasteiger partial charge is 0.378 e. The van der Waals surface area contributed by atoms with Gasteiger partial charge in [0.25, 0.3) is 0 Å². The van der Waals surface area contributed by atoms with E-state index in [9.17, 15) is 0 Å². The van der Waals surface area contributed by atoms with Crippen LogP contribution in [0.4, 0.5) is 0 Å². The highest BCUT2D eigenvalue weighted by molar-refractivity contribution is 7.12. The predicted octanol–water partition coefficient (Wildman–Crippen LogP) is 1.53. The number of ether oxygens (including phenoxy) is 1. The van der Waals surface area contributed by atoms with Gasteiger partial charge in [0.1, 0.15) is 0 Å². The van der Waals surface area contributed by atoms with Crippen molar-refractivity contribution < 1.29 is 4.74 Å². The molecule has 2 unspecified atom stereocenters. The Balaban J connectivity index is 1.77. The Labute approximate surface area is 112 Å². The van der Waals surface area contributed by atoms with Crippen LogP contribution in [-0.4, -0.2) is 49.8 Å². The SMILES string of the molecule is Cc1nc(C2CCN(C)C2)sc1C1COCCN1. The summed E-state index contributed by atoms with van der Waals surface area (Å²) in [6.07, 6.45) is 1.25. The fourth-order valence-corrected chi connectivity index (χ4v) is 4.05. The summed E-state index contributed by atoms with van der Waals surface area (Å²) in [5.41, 5.74) is 1.19. The minimum atomic E-state index is 0.351. The van der Waals surface area contributed by atoms with Crippen LogP contribution in [0, 0.1) is 6.92 Å². The van der Waals surface area contributed by atoms with Crippen LogP contribution in [0.2, 0.25) is 0 Å². The molecule has 2 aliphatic rings. The molecular formula is C13H21N3OS. The van der Waals surface area contributed by atoms with Gasteiger partial charge in [0, 0.05) is 23.9 Å². The summed E-state index contributed by atoms with van der Waals surface area (Å²) in [7, 11) is 2.19. The second-order valence-corrected chi connectivity index (χ2v) is 6.39. The molecule has 2 saturated heterocycles. The lowest BCUT2D eigenvalue weighted by Crippen LogP contribution is -2.34. The lowest BCUT2D eigenvalue weighted by molar-refractivity contribution is 0.0777. The van der Waals surface area contributed by atoms with Gasteiger partial charge in [0.15, 0.2) is 0 Å². The van der Waals surface area contributed by atoms with E-state index in [1.165, 1.54) is 28.5 Å². The Morgan fingerprint density at radius 1 is 1.50 bits per heavy atom. The third-order valence-corrected chi connectivity index (χ3v) is 5.26. The molecule has 1 aromatic heterocycles. The van der Waals surface area contributed by atoms with Crippen molar-refractivity contribution in [3.05, 3.63) is 15.6 Å². The Hall–Kier alpha value is -0.490. The summed E-state index contributed by atoms with van der Waals surface area (Å²) in [6, 6.07) is 0.351. The van der Waals surface area contributed by atoms with Crippen molar-refractivity contribution in [2.75, 3.05) is 39.9 Å². The van der Waals surface area contributed by atoms with Crippen molar-refractivity contribution in [2.45, 2.75) is 25.3 Å². The van der Waals surface area contributed by atoms with E-state index in [2.05, 4.69) is 24.2 Å². The first-order valence-electron chi connectivity index (χ1n) is 6.71. The highest BCUT2D eigenvalue weighted by Gasteiger charge is 2.27. The van der Waals surface area contributed by atoms with Crippen molar-refractivity contribution in [3.63, 3.8) is 0 Å². The average molecular weight is 267 g/mol. The van der Waals surface area contributed by atoms with E-state index >= 15 is 0 Å². The van der Waals surface area contributed by atoms with Crippen LogP contribution in [-0.2, 0) is 4.74 Å². The van der Waals surface area contributed by atoms with Gasteiger partial charge >= 0.3 is 0 Å². The molecule has 0 radical (unpaired) electrons. The van der Waals surface area contributed by atoms with Crippen LogP contribution in [0.3, 0.4) is 0 Å². The van der Waals surface area contributed by atoms with Crippen LogP contribution in [0.1, 0.15) is 34.0 Å². The zero-order valence-corrected chi connectivity index (χ0v) is 11.9. The second kappa shape index (κ2) is 5.25. The van der Waals surface area contributed by atoms with Crippen molar-refractivity contribution in [1.29, 1.82) is 0 Å². The topological polar surface area (TPSA) is 37.4 Å². The molecule has 1 N–H and O–H groups in total. The van der Waals surface area contributed by atoms with Gasteiger partial charge in [0.2, 0.25) is 0 Å². The highest BCUT2D eigenvalue weighted by Crippen LogP contribution is 2.34. The van der Waals surface area contributed by atoms with Gasteiger partial charge in [-0.3, -0.25) is 0 Å². The number of rotatable bonds is 2. The van der Waals surface area contributed by atoms with Crippen molar-refractivity contribution in [2.24, 2.45) is 0 Å². The maximum Gasteiger partial charge on any atom is 0.0975 e. The predicted molar refractivity (Wildman–Crippen MR) is 73.3 cm³/mol. The van der Waals surface area contributed by atoms with Crippen LogP contribution in [0.5, 0.6) is 0 Å². The number of likely N-dealkylation sites (tertiary alicyclic amines) is 1. The summed E-state index contributed by atoms with van der Waals surface area (Å²) in [5.74, 6) is 0.636. The molecule has 2 atom stereocenters. The van der Waals surface area contributed by atoms with Crippen LogP contribution >= 0.6 is 11.3 Å². The molecule has 5 heteroatoms. The standard InChI is InChI=1S/C13H21N3OS/c1-9-12(11-8-17-6-4-14-11)18-13(15-9)10-3-5-16(2)7-10/h10-11,14H,3-8H2,1-2H3. The molecule has 0 aliphatic carbocycles. The van der Waals surface area contributed by atoms with Crippen molar-refractivity contribution in [1.82, 2.24) is 15.2 Å². The molecule has 100 valence electrons. The summed E-state index contributed by atoms with van der Waals surface area (Å²) in [4.78, 5) is 8.56. The first-order valence-corrected chi connectivity index (χ1v) is 7.52. The molecule has 0 spiro atoms. The Morgan fingerprint density at radius 3 is 3.06 bits per heavy atom. The van der Waals surface area contributed by atoms with Gasteiger partial charge in [-0.05, 0) is 26.9 Å². The number of hydrogen-bond donors (Lipinski definition) is 1. The number of nitrogens with one attached hydrogen (secondary N) is 1. The van der Waals surface area contributed by atoms with Gasteiger partial charge in [-0.2, -0.15) is 0 Å². The highest BCUT2D eigenvalue weighted by atomic mass is 32.1. The third-order valence-electron chi connectivity index (χ3n) is 3.83. The Bertz CT molecular complexity index is 414. The third kappa shape index (κ3) is 2.45. The molecular weight excluding hydrogens is 246 g/mol. The van der Waals surface area contributed by atoms with Gasteiger partial charge < -0.3 is 15.0 Å². The van der Waals surface area contributed by atoms with E-state index in [1.54, 1.807) is 0 Å². The molecule has 0 saturated carbocycles. The number of aromatic nitrogens is 1. The lowest BCUT2D eigenvalue weighted by atomic mass is 10.1. The zero-order chi connectivity index (χ0) is 12.5. The first-order chi connectivity index (χ1) is 8.74. The normalized spacial score (nSPS) is 29.9. The van der Waals surface area contributed by atoms with E-state index in [0.717, 1.165) is 26.3 Å². The molecule has 3 rings (SSSR count). The maximum absolute atomic E-state index is 5.55. The van der Waals surface area contributed by atoms with Crippen LogP contribution in [0.15, 0.2) is 0 Å². The Kier molecular flexibility index (Phi) is 3.66. The smallest absolute Gasteiger partial charge is 0.0975 e. The summed E-state index contributed by atoms with van der Waals surface area (Å²) >= 11 is 1.89. The van der Waals surface area contributed by atoms with Crippen LogP contribution in [0.25, 0.3) is 0 Å². The summed E-state index contributed by atoms with van der Waals surface area (Å²) in [5, 5.41) is 4.84. The molecule has 4 nitrogen and oxygen atoms in total. The van der Waals surface area contributed by atoms with Gasteiger partial charge in [0.05, 0.1) is 30.0 Å². The molecule has 0 amide bonds. The van der Waals surface area contributed by atoms with Gasteiger partial charge in [-0.25, -0.2) is 4.98 Å². The minimum absolute atomic E-state index is 0.351. The summed E-state index contributed by atoms with van der Waals surface area (Å²) < 4.78 is 5.55. The van der Waals surface area contributed by atoms with Crippen molar-refractivity contribution in [3.8, 4) is 0 Å². The van der Waals surface area contributed by atoms with E-state index in [0.29, 0.717) is 12.0 Å². The maximum atomic E-state index is 5.55. The van der Waals surface area contributed by atoms with Crippen molar-refractivity contribution >= 4 is 11.3 Å². The Morgan fingerprint density at radius 2 is 2.39 bits per heavy atom. The molecule has 0 bridgehead atoms. The first kappa shape index (κ1) is 12.5. The van der Waals surface area contributed by atoms with Crippen LogP contribution < -0.4 is 5.32 Å². The number of thiazole rings is 1. The van der Waals surface area contributed by atoms with E-state index in [1.807, 2.05) is 11.3 Å². The molecule has 3 heterocycles. The summed E-state index contributed by atoms with van der Waals surface area (Å²) in [6.45, 7) is 7.04. The monoisotopic (exact) mass is 267 g/mol. The number of hydrogen-bond acceptors (Lipinski definition) is 5. The lowest BCUT2D eigenvalue weighted by Gasteiger charge is -2.23. The molecule has 0 aromatic carbocycles. The number of likely N-dealkylation sites (N-methyl/N-ethyl adjacent to an activating group) is 1. The molecule has 1 aromatic rings. The average Bonchev–Trinajstić information content (AvgIpc) is 2.97. The number of morpholine rings is 1. The second-order valence-electron chi connectivity index (χ2n) is 5.33. The fourth-order valence-electron chi connectivity index (χ4n) is 2.80. The van der Waals surface area contributed by atoms with E-state index in [-0.39, 0.29) is 0 Å². The fraction of sp³-hybridized carbons (Fsp3) is 0.769. The van der Waals surface area contributed by atoms with Gasteiger partial charge in [-0.1, -0.05) is 0 Å². The number of aryl methyl sites for hydroxylation is 1.